The molecule has 2 aliphatic rings. The molecule has 1 saturated carbocycles. The molecular formula is C17H24N2O2. The van der Waals surface area contributed by atoms with Crippen molar-refractivity contribution in [3.8, 4) is 5.75 Å². The van der Waals surface area contributed by atoms with E-state index in [1.165, 1.54) is 29.5 Å². The van der Waals surface area contributed by atoms with Crippen LogP contribution in [0.3, 0.4) is 0 Å². The highest BCUT2D eigenvalue weighted by Gasteiger charge is 2.38. The van der Waals surface area contributed by atoms with E-state index in [-0.39, 0.29) is 5.91 Å². The lowest BCUT2D eigenvalue weighted by Crippen LogP contribution is -2.41. The molecular weight excluding hydrogens is 264 g/mol. The number of likely N-dealkylation sites (N-methyl/N-ethyl adjacent to an activating group) is 1. The molecule has 1 aliphatic carbocycles. The van der Waals surface area contributed by atoms with Gasteiger partial charge in [-0.2, -0.15) is 0 Å². The van der Waals surface area contributed by atoms with Crippen molar-refractivity contribution in [1.82, 2.24) is 10.2 Å². The molecule has 1 N–H and O–H groups in total. The maximum atomic E-state index is 11.8. The molecule has 114 valence electrons. The third-order valence-corrected chi connectivity index (χ3v) is 4.66. The Morgan fingerprint density at radius 2 is 2.00 bits per heavy atom. The lowest BCUT2D eigenvalue weighted by molar-refractivity contribution is -0.122. The van der Waals surface area contributed by atoms with Gasteiger partial charge >= 0.3 is 0 Å². The van der Waals surface area contributed by atoms with E-state index in [1.54, 1.807) is 7.05 Å². The van der Waals surface area contributed by atoms with Crippen LogP contribution in [0.5, 0.6) is 5.75 Å². The number of nitrogens with zero attached hydrogens (tertiary/aromatic N) is 1. The summed E-state index contributed by atoms with van der Waals surface area (Å²) in [5.74, 6) is 1.09. The fraction of sp³-hybridized carbons (Fsp3) is 0.588. The molecule has 21 heavy (non-hydrogen) atoms. The number of hydrogen-bond acceptors (Lipinski definition) is 3. The molecule has 3 rings (SSSR count). The van der Waals surface area contributed by atoms with Crippen LogP contribution in [0.1, 0.15) is 42.0 Å². The van der Waals surface area contributed by atoms with Crippen LogP contribution in [0.2, 0.25) is 0 Å². The molecule has 1 aromatic carbocycles. The van der Waals surface area contributed by atoms with Crippen molar-refractivity contribution in [1.29, 1.82) is 0 Å². The second-order valence-corrected chi connectivity index (χ2v) is 6.20. The number of fused-ring (bicyclic) bond motifs is 1. The number of nitrogens with one attached hydrogen (secondary N) is 1. The fourth-order valence-corrected chi connectivity index (χ4v) is 3.12. The molecule has 4 nitrogen and oxygen atoms in total. The summed E-state index contributed by atoms with van der Waals surface area (Å²) >= 11 is 0. The number of aryl methyl sites for hydroxylation is 2. The fourth-order valence-electron chi connectivity index (χ4n) is 3.12. The Labute approximate surface area is 126 Å². The maximum absolute atomic E-state index is 11.8. The van der Waals surface area contributed by atoms with Crippen LogP contribution in [-0.2, 0) is 4.79 Å². The number of carbonyl (C=O) groups is 1. The van der Waals surface area contributed by atoms with Gasteiger partial charge in [0.15, 0.2) is 0 Å². The van der Waals surface area contributed by atoms with Gasteiger partial charge in [0.25, 0.3) is 0 Å². The first-order valence-electron chi connectivity index (χ1n) is 7.80. The highest BCUT2D eigenvalue weighted by Crippen LogP contribution is 2.42. The smallest absolute Gasteiger partial charge is 0.233 e. The van der Waals surface area contributed by atoms with Crippen LogP contribution in [0.15, 0.2) is 12.1 Å². The minimum atomic E-state index is 0.0961. The van der Waals surface area contributed by atoms with Gasteiger partial charge in [-0.3, -0.25) is 9.69 Å². The van der Waals surface area contributed by atoms with Gasteiger partial charge in [0.1, 0.15) is 5.75 Å². The normalized spacial score (nSPS) is 20.9. The van der Waals surface area contributed by atoms with Crippen LogP contribution < -0.4 is 10.1 Å². The van der Waals surface area contributed by atoms with Gasteiger partial charge in [0, 0.05) is 31.1 Å². The standard InChI is InChI=1S/C17H24N2O2/c1-11-8-14-15(6-7-21-16(14)9-12(11)2)19(13-4-5-13)10-17(20)18-3/h8-9,13,15H,4-7,10H2,1-3H3,(H,18,20)/t15-/m0/s1. The van der Waals surface area contributed by atoms with Gasteiger partial charge in [-0.1, -0.05) is 6.07 Å². The van der Waals surface area contributed by atoms with Crippen LogP contribution in [0.25, 0.3) is 0 Å². The average Bonchev–Trinajstić information content (AvgIpc) is 3.30. The van der Waals surface area contributed by atoms with Crippen LogP contribution in [0.4, 0.5) is 0 Å². The van der Waals surface area contributed by atoms with E-state index in [1.807, 2.05) is 0 Å². The molecule has 1 aromatic rings. The van der Waals surface area contributed by atoms with E-state index in [2.05, 4.69) is 36.2 Å². The second kappa shape index (κ2) is 5.68. The maximum Gasteiger partial charge on any atom is 0.233 e. The number of ether oxygens (including phenoxy) is 1. The van der Waals surface area contributed by atoms with Crippen LogP contribution in [-0.4, -0.2) is 37.0 Å². The summed E-state index contributed by atoms with van der Waals surface area (Å²) in [6.45, 7) is 5.47. The van der Waals surface area contributed by atoms with Crippen molar-refractivity contribution in [2.75, 3.05) is 20.2 Å². The largest absolute Gasteiger partial charge is 0.493 e. The molecule has 1 amide bonds. The van der Waals surface area contributed by atoms with E-state index >= 15 is 0 Å². The molecule has 0 radical (unpaired) electrons. The first-order chi connectivity index (χ1) is 10.1. The number of amides is 1. The Balaban J connectivity index is 1.91. The summed E-state index contributed by atoms with van der Waals surface area (Å²) in [4.78, 5) is 14.2. The molecule has 1 atom stereocenters. The van der Waals surface area contributed by atoms with Gasteiger partial charge in [0.05, 0.1) is 13.2 Å². The van der Waals surface area contributed by atoms with Gasteiger partial charge in [-0.15, -0.1) is 0 Å². The Kier molecular flexibility index (Phi) is 3.89. The summed E-state index contributed by atoms with van der Waals surface area (Å²) in [6, 6.07) is 5.24. The lowest BCUT2D eigenvalue weighted by Gasteiger charge is -2.36. The SMILES string of the molecule is CNC(=O)CN(C1CC1)[C@H]1CCOc2cc(C)c(C)cc21. The zero-order valence-electron chi connectivity index (χ0n) is 13.1. The Bertz CT molecular complexity index is 552. The average molecular weight is 288 g/mol. The van der Waals surface area contributed by atoms with Crippen LogP contribution >= 0.6 is 0 Å². The zero-order chi connectivity index (χ0) is 15.0. The molecule has 0 saturated heterocycles. The first kappa shape index (κ1) is 14.4. The molecule has 0 unspecified atom stereocenters. The number of rotatable bonds is 4. The van der Waals surface area contributed by atoms with Crippen molar-refractivity contribution in [3.63, 3.8) is 0 Å². The molecule has 0 bridgehead atoms. The van der Waals surface area contributed by atoms with Crippen LogP contribution in [0, 0.1) is 13.8 Å². The Morgan fingerprint density at radius 1 is 1.29 bits per heavy atom. The van der Waals surface area contributed by atoms with Gasteiger partial charge in [-0.05, 0) is 43.9 Å². The Morgan fingerprint density at radius 3 is 2.67 bits per heavy atom. The number of carbonyl (C=O) groups excluding carboxylic acids is 1. The van der Waals surface area contributed by atoms with E-state index < -0.39 is 0 Å². The predicted molar refractivity (Wildman–Crippen MR) is 82.6 cm³/mol. The minimum absolute atomic E-state index is 0.0961. The Hall–Kier alpha value is -1.55. The summed E-state index contributed by atoms with van der Waals surface area (Å²) < 4.78 is 5.84. The monoisotopic (exact) mass is 288 g/mol. The first-order valence-corrected chi connectivity index (χ1v) is 7.80. The quantitative estimate of drug-likeness (QED) is 0.924. The minimum Gasteiger partial charge on any atom is -0.493 e. The van der Waals surface area contributed by atoms with E-state index in [9.17, 15) is 4.79 Å². The van der Waals surface area contributed by atoms with E-state index in [0.717, 1.165) is 18.8 Å². The van der Waals surface area contributed by atoms with Gasteiger partial charge in [0.2, 0.25) is 5.91 Å². The molecule has 0 spiro atoms. The molecule has 1 fully saturated rings. The number of hydrogen-bond donors (Lipinski definition) is 1. The third-order valence-electron chi connectivity index (χ3n) is 4.66. The van der Waals surface area contributed by atoms with Crippen molar-refractivity contribution < 1.29 is 9.53 Å². The molecule has 4 heteroatoms. The molecule has 1 heterocycles. The van der Waals surface area contributed by atoms with Crippen molar-refractivity contribution in [3.05, 3.63) is 28.8 Å². The third kappa shape index (κ3) is 2.91. The lowest BCUT2D eigenvalue weighted by atomic mass is 9.94. The summed E-state index contributed by atoms with van der Waals surface area (Å²) in [5, 5.41) is 2.75. The molecule has 1 aliphatic heterocycles. The topological polar surface area (TPSA) is 41.6 Å². The van der Waals surface area contributed by atoms with Crippen molar-refractivity contribution in [2.45, 2.75) is 45.2 Å². The van der Waals surface area contributed by atoms with E-state index in [4.69, 9.17) is 4.74 Å². The summed E-state index contributed by atoms with van der Waals surface area (Å²) in [7, 11) is 1.71. The highest BCUT2D eigenvalue weighted by molar-refractivity contribution is 5.77. The summed E-state index contributed by atoms with van der Waals surface area (Å²) in [5.41, 5.74) is 3.80. The predicted octanol–water partition coefficient (Wildman–Crippen LogP) is 2.34. The van der Waals surface area contributed by atoms with E-state index in [0.29, 0.717) is 18.6 Å². The highest BCUT2D eigenvalue weighted by atomic mass is 16.5. The molecule has 0 aromatic heterocycles. The zero-order valence-corrected chi connectivity index (χ0v) is 13.1. The van der Waals surface area contributed by atoms with Crippen molar-refractivity contribution >= 4 is 5.91 Å². The number of benzene rings is 1. The van der Waals surface area contributed by atoms with Crippen molar-refractivity contribution in [2.24, 2.45) is 0 Å². The van der Waals surface area contributed by atoms with Gasteiger partial charge < -0.3 is 10.1 Å². The second-order valence-electron chi connectivity index (χ2n) is 6.20. The summed E-state index contributed by atoms with van der Waals surface area (Å²) in [6.07, 6.45) is 3.37. The van der Waals surface area contributed by atoms with Gasteiger partial charge in [-0.25, -0.2) is 0 Å².